The number of aromatic nitrogens is 5. The van der Waals surface area contributed by atoms with Crippen LogP contribution in [-0.2, 0) is 11.3 Å². The molecule has 4 aromatic rings. The number of carbonyl (C=O) groups excluding carboxylic acids is 1. The monoisotopic (exact) mass is 582 g/mol. The molecule has 1 amide bonds. The number of anilines is 2. The van der Waals surface area contributed by atoms with Gasteiger partial charge in [-0.3, -0.25) is 9.53 Å². The highest BCUT2D eigenvalue weighted by Crippen LogP contribution is 2.30. The van der Waals surface area contributed by atoms with Gasteiger partial charge in [0, 0.05) is 30.1 Å². The summed E-state index contributed by atoms with van der Waals surface area (Å²) >= 11 is 0. The lowest BCUT2D eigenvalue weighted by Crippen LogP contribution is -2.29. The second kappa shape index (κ2) is 13.4. The molecule has 0 fully saturated rings. The molecule has 42 heavy (non-hydrogen) atoms. The Balaban J connectivity index is 1.41. The predicted octanol–water partition coefficient (Wildman–Crippen LogP) is 4.09. The molecular formula is C27H25F3N8O4. The van der Waals surface area contributed by atoms with Crippen molar-refractivity contribution in [3.05, 3.63) is 72.6 Å². The van der Waals surface area contributed by atoms with Gasteiger partial charge in [0.2, 0.25) is 5.95 Å². The van der Waals surface area contributed by atoms with Crippen LogP contribution >= 0.6 is 0 Å². The molecule has 218 valence electrons. The normalized spacial score (nSPS) is 11.8. The molecule has 0 spiro atoms. The Bertz CT molecular complexity index is 1540. The van der Waals surface area contributed by atoms with E-state index in [4.69, 9.17) is 9.47 Å². The second-order valence-corrected chi connectivity index (χ2v) is 8.75. The van der Waals surface area contributed by atoms with Gasteiger partial charge in [-0.1, -0.05) is 6.07 Å². The standard InChI is InChI=1S/C27H25F3N8O4/c1-17(14-38-16-32-15-36-38)42-23-9-18(3-4-20(23)11-31)21-12-34-26(35-13-21)37-22-6-5-19(10-24(22)40-2)25(39)33-7-8-41-27(28,29)30/h3-6,9-10,12-13,15-17H,7-8,14H2,1-2H3,(H,33,39)(H,34,35,37). The minimum Gasteiger partial charge on any atom is -0.495 e. The van der Waals surface area contributed by atoms with Crippen molar-refractivity contribution in [3.63, 3.8) is 0 Å². The van der Waals surface area contributed by atoms with Crippen LogP contribution in [0.4, 0.5) is 24.8 Å². The zero-order chi connectivity index (χ0) is 30.1. The summed E-state index contributed by atoms with van der Waals surface area (Å²) in [6.45, 7) is 1.28. The molecule has 0 bridgehead atoms. The molecule has 0 aliphatic rings. The highest BCUT2D eigenvalue weighted by atomic mass is 19.4. The molecule has 1 atom stereocenters. The molecule has 0 aliphatic heterocycles. The van der Waals surface area contributed by atoms with Crippen LogP contribution in [0.15, 0.2) is 61.4 Å². The number of hydrogen-bond acceptors (Lipinski definition) is 10. The first-order valence-electron chi connectivity index (χ1n) is 12.4. The van der Waals surface area contributed by atoms with Crippen molar-refractivity contribution in [2.75, 3.05) is 25.6 Å². The quantitative estimate of drug-likeness (QED) is 0.234. The third-order valence-electron chi connectivity index (χ3n) is 5.69. The lowest BCUT2D eigenvalue weighted by Gasteiger charge is -2.16. The topological polar surface area (TPSA) is 149 Å². The first-order chi connectivity index (χ1) is 20.1. The summed E-state index contributed by atoms with van der Waals surface area (Å²) in [5.41, 5.74) is 2.42. The molecule has 0 saturated carbocycles. The average molecular weight is 583 g/mol. The molecule has 1 unspecified atom stereocenters. The van der Waals surface area contributed by atoms with Gasteiger partial charge in [0.05, 0.1) is 31.5 Å². The Morgan fingerprint density at radius 1 is 1.12 bits per heavy atom. The number of halogens is 3. The number of alkyl halides is 3. The molecule has 4 rings (SSSR count). The highest BCUT2D eigenvalue weighted by Gasteiger charge is 2.28. The maximum atomic E-state index is 12.3. The van der Waals surface area contributed by atoms with Gasteiger partial charge in [0.1, 0.15) is 36.3 Å². The highest BCUT2D eigenvalue weighted by molar-refractivity contribution is 5.95. The molecule has 0 aliphatic carbocycles. The minimum absolute atomic E-state index is 0.176. The molecule has 15 heteroatoms. The van der Waals surface area contributed by atoms with E-state index in [1.807, 2.05) is 6.92 Å². The van der Waals surface area contributed by atoms with Crippen LogP contribution in [0.5, 0.6) is 11.5 Å². The number of hydrogen-bond donors (Lipinski definition) is 2. The number of nitrogens with one attached hydrogen (secondary N) is 2. The maximum absolute atomic E-state index is 12.3. The lowest BCUT2D eigenvalue weighted by molar-refractivity contribution is -0.323. The Labute approximate surface area is 238 Å². The fraction of sp³-hybridized carbons (Fsp3) is 0.259. The van der Waals surface area contributed by atoms with Gasteiger partial charge in [0.25, 0.3) is 5.91 Å². The third-order valence-corrected chi connectivity index (χ3v) is 5.69. The second-order valence-electron chi connectivity index (χ2n) is 8.75. The zero-order valence-electron chi connectivity index (χ0n) is 22.4. The largest absolute Gasteiger partial charge is 0.522 e. The first-order valence-corrected chi connectivity index (χ1v) is 12.4. The van der Waals surface area contributed by atoms with Crippen molar-refractivity contribution < 1.29 is 32.2 Å². The fourth-order valence-electron chi connectivity index (χ4n) is 3.77. The number of nitrogens with zero attached hydrogens (tertiary/aromatic N) is 6. The smallest absolute Gasteiger partial charge is 0.495 e. The van der Waals surface area contributed by atoms with Crippen LogP contribution in [0, 0.1) is 11.3 Å². The van der Waals surface area contributed by atoms with Gasteiger partial charge >= 0.3 is 6.36 Å². The van der Waals surface area contributed by atoms with Gasteiger partial charge in [0.15, 0.2) is 0 Å². The number of ether oxygens (including phenoxy) is 3. The maximum Gasteiger partial charge on any atom is 0.522 e. The molecule has 2 aromatic carbocycles. The van der Waals surface area contributed by atoms with Crippen LogP contribution < -0.4 is 20.1 Å². The molecule has 0 radical (unpaired) electrons. The summed E-state index contributed by atoms with van der Waals surface area (Å²) in [5.74, 6) is 0.345. The molecule has 2 N–H and O–H groups in total. The van der Waals surface area contributed by atoms with E-state index >= 15 is 0 Å². The minimum atomic E-state index is -4.76. The molecule has 2 heterocycles. The summed E-state index contributed by atoms with van der Waals surface area (Å²) in [7, 11) is 1.40. The Morgan fingerprint density at radius 2 is 1.90 bits per heavy atom. The lowest BCUT2D eigenvalue weighted by atomic mass is 10.1. The van der Waals surface area contributed by atoms with E-state index in [2.05, 4.69) is 41.5 Å². The number of rotatable bonds is 12. The zero-order valence-corrected chi connectivity index (χ0v) is 22.4. The van der Waals surface area contributed by atoms with E-state index in [0.717, 1.165) is 5.56 Å². The van der Waals surface area contributed by atoms with Gasteiger partial charge < -0.3 is 20.1 Å². The van der Waals surface area contributed by atoms with Crippen LogP contribution in [0.2, 0.25) is 0 Å². The summed E-state index contributed by atoms with van der Waals surface area (Å²) in [4.78, 5) is 24.9. The van der Waals surface area contributed by atoms with Crippen molar-refractivity contribution in [1.29, 1.82) is 5.26 Å². The number of methoxy groups -OCH3 is 1. The van der Waals surface area contributed by atoms with Crippen LogP contribution in [0.25, 0.3) is 11.1 Å². The van der Waals surface area contributed by atoms with E-state index in [1.54, 1.807) is 47.7 Å². The number of benzene rings is 2. The number of carbonyl (C=O) groups is 1. The first kappa shape index (κ1) is 29.7. The van der Waals surface area contributed by atoms with E-state index in [0.29, 0.717) is 29.1 Å². The predicted molar refractivity (Wildman–Crippen MR) is 143 cm³/mol. The average Bonchev–Trinajstić information content (AvgIpc) is 3.48. The summed E-state index contributed by atoms with van der Waals surface area (Å²) < 4.78 is 52.9. The van der Waals surface area contributed by atoms with Crippen molar-refractivity contribution >= 4 is 17.5 Å². The van der Waals surface area contributed by atoms with Crippen LogP contribution in [-0.4, -0.2) is 63.4 Å². The summed E-state index contributed by atoms with van der Waals surface area (Å²) in [6.07, 6.45) is 1.15. The van der Waals surface area contributed by atoms with E-state index in [9.17, 15) is 23.2 Å². The fourth-order valence-corrected chi connectivity index (χ4v) is 3.77. The van der Waals surface area contributed by atoms with Gasteiger partial charge in [-0.25, -0.2) is 19.6 Å². The summed E-state index contributed by atoms with van der Waals surface area (Å²) in [5, 5.41) is 18.9. The molecule has 12 nitrogen and oxygen atoms in total. The van der Waals surface area contributed by atoms with Crippen molar-refractivity contribution in [2.24, 2.45) is 0 Å². The van der Waals surface area contributed by atoms with Gasteiger partial charge in [-0.2, -0.15) is 10.4 Å². The Hall–Kier alpha value is -5.23. The molecule has 0 saturated heterocycles. The van der Waals surface area contributed by atoms with Crippen LogP contribution in [0.3, 0.4) is 0 Å². The van der Waals surface area contributed by atoms with E-state index < -0.39 is 18.9 Å². The Kier molecular flexibility index (Phi) is 9.50. The van der Waals surface area contributed by atoms with Gasteiger partial charge in [-0.15, -0.1) is 13.2 Å². The molecule has 2 aromatic heterocycles. The SMILES string of the molecule is COc1cc(C(=O)NCCOC(F)(F)F)ccc1Nc1ncc(-c2ccc(C#N)c(OC(C)Cn3cncn3)c2)cn1. The third kappa shape index (κ3) is 8.15. The van der Waals surface area contributed by atoms with E-state index in [1.165, 1.54) is 25.6 Å². The van der Waals surface area contributed by atoms with Crippen molar-refractivity contribution in [3.8, 4) is 28.7 Å². The number of nitriles is 1. The van der Waals surface area contributed by atoms with E-state index in [-0.39, 0.29) is 29.9 Å². The van der Waals surface area contributed by atoms with Gasteiger partial charge in [-0.05, 0) is 42.8 Å². The van der Waals surface area contributed by atoms with Crippen molar-refractivity contribution in [2.45, 2.75) is 25.9 Å². The van der Waals surface area contributed by atoms with Crippen molar-refractivity contribution in [1.82, 2.24) is 30.0 Å². The molecular weight excluding hydrogens is 557 g/mol. The number of amides is 1. The Morgan fingerprint density at radius 3 is 2.57 bits per heavy atom. The summed E-state index contributed by atoms with van der Waals surface area (Å²) in [6, 6.07) is 11.8. The van der Waals surface area contributed by atoms with Crippen LogP contribution in [0.1, 0.15) is 22.8 Å².